The Morgan fingerprint density at radius 3 is 1.70 bits per heavy atom. The summed E-state index contributed by atoms with van der Waals surface area (Å²) in [7, 11) is 0. The first-order valence-corrected chi connectivity index (χ1v) is 22.8. The number of rotatable bonds is 4. The molecule has 0 saturated carbocycles. The average molecular weight is 822 g/mol. The van der Waals surface area contributed by atoms with Gasteiger partial charge in [0.15, 0.2) is 0 Å². The molecule has 4 heteroatoms. The molecular weight excluding hydrogens is 773 g/mol. The zero-order chi connectivity index (χ0) is 43.2. The second-order valence-corrected chi connectivity index (χ2v) is 20.2. The van der Waals surface area contributed by atoms with Gasteiger partial charge in [0.25, 0.3) is 6.71 Å². The highest BCUT2D eigenvalue weighted by Gasteiger charge is 2.44. The number of hydrogen-bond acceptors (Lipinski definition) is 2. The molecule has 306 valence electrons. The van der Waals surface area contributed by atoms with Gasteiger partial charge in [0.2, 0.25) is 0 Å². The Hall–Kier alpha value is -7.30. The van der Waals surface area contributed by atoms with E-state index in [1.165, 1.54) is 99.4 Å². The van der Waals surface area contributed by atoms with Crippen molar-refractivity contribution in [1.82, 2.24) is 4.57 Å². The van der Waals surface area contributed by atoms with Crippen molar-refractivity contribution < 1.29 is 0 Å². The molecule has 3 aliphatic rings. The third-order valence-corrected chi connectivity index (χ3v) is 14.4. The van der Waals surface area contributed by atoms with Crippen LogP contribution in [0.5, 0.6) is 0 Å². The summed E-state index contributed by atoms with van der Waals surface area (Å²) in [5.41, 5.74) is 22.6. The lowest BCUT2D eigenvalue weighted by Crippen LogP contribution is -2.60. The summed E-state index contributed by atoms with van der Waals surface area (Å²) >= 11 is 0. The van der Waals surface area contributed by atoms with Gasteiger partial charge in [-0.25, -0.2) is 0 Å². The zero-order valence-corrected chi connectivity index (χ0v) is 37.2. The smallest absolute Gasteiger partial charge is 0.252 e. The molecule has 10 aromatic rings. The van der Waals surface area contributed by atoms with E-state index in [-0.39, 0.29) is 17.5 Å². The van der Waals surface area contributed by atoms with Gasteiger partial charge in [-0.2, -0.15) is 0 Å². The van der Waals surface area contributed by atoms with Gasteiger partial charge in [0.05, 0.1) is 16.7 Å². The van der Waals surface area contributed by atoms with E-state index in [9.17, 15) is 0 Å². The lowest BCUT2D eigenvalue weighted by atomic mass is 9.33. The van der Waals surface area contributed by atoms with E-state index in [0.717, 1.165) is 22.7 Å². The third kappa shape index (κ3) is 5.17. The molecule has 0 atom stereocenters. The van der Waals surface area contributed by atoms with Gasteiger partial charge >= 0.3 is 0 Å². The van der Waals surface area contributed by atoms with Crippen molar-refractivity contribution in [2.75, 3.05) is 9.80 Å². The van der Waals surface area contributed by atoms with Crippen molar-refractivity contribution in [3.8, 4) is 27.9 Å². The molecule has 0 bridgehead atoms. The maximum atomic E-state index is 2.65. The van der Waals surface area contributed by atoms with Crippen LogP contribution in [0, 0.1) is 0 Å². The number of benzene rings is 9. The Bertz CT molecular complexity index is 3530. The standard InChI is InChI=1S/C60H48BN3/c1-59(2,3)38-25-28-42(29-26-38)63-50-33-27-39(60(4,5)6)34-49(50)61-48-31-30-47-45-22-14-13-21-44(45)46-23-15-16-37-24-32-51-56(54(37)46)55(47)58(48)64(51)53-36-43(35-52(63)57(53)61)62(40-17-9-7-10-18-40)41-19-11-8-12-20-41/h7-36H,1-6H3. The second kappa shape index (κ2) is 13.1. The van der Waals surface area contributed by atoms with Crippen LogP contribution < -0.4 is 26.2 Å². The highest BCUT2D eigenvalue weighted by Crippen LogP contribution is 2.52. The van der Waals surface area contributed by atoms with Crippen molar-refractivity contribution in [2.45, 2.75) is 52.4 Å². The fourth-order valence-corrected chi connectivity index (χ4v) is 11.4. The lowest BCUT2D eigenvalue weighted by Gasteiger charge is -2.42. The molecule has 0 N–H and O–H groups in total. The summed E-state index contributed by atoms with van der Waals surface area (Å²) in [5.74, 6) is 0. The van der Waals surface area contributed by atoms with Crippen LogP contribution in [0.4, 0.5) is 34.1 Å². The number of nitrogens with zero attached hydrogens (tertiary/aromatic N) is 3. The molecule has 3 nitrogen and oxygen atoms in total. The zero-order valence-electron chi connectivity index (χ0n) is 37.2. The average Bonchev–Trinajstić information content (AvgIpc) is 3.60. The third-order valence-electron chi connectivity index (χ3n) is 14.4. The van der Waals surface area contributed by atoms with E-state index in [1.807, 2.05) is 0 Å². The molecule has 0 spiro atoms. The van der Waals surface area contributed by atoms with Crippen LogP contribution >= 0.6 is 0 Å². The fraction of sp³-hybridized carbons (Fsp3) is 0.133. The molecule has 64 heavy (non-hydrogen) atoms. The maximum Gasteiger partial charge on any atom is 0.252 e. The predicted molar refractivity (Wildman–Crippen MR) is 274 cm³/mol. The highest BCUT2D eigenvalue weighted by molar-refractivity contribution is 7.00. The molecule has 2 aliphatic heterocycles. The molecule has 1 aliphatic carbocycles. The van der Waals surface area contributed by atoms with Crippen LogP contribution in [0.1, 0.15) is 52.7 Å². The molecule has 0 fully saturated rings. The van der Waals surface area contributed by atoms with E-state index in [4.69, 9.17) is 0 Å². The van der Waals surface area contributed by atoms with Crippen LogP contribution in [0.15, 0.2) is 182 Å². The number of anilines is 6. The SMILES string of the molecule is CC(C)(C)c1ccc(N2c3ccc(C(C)(C)C)cc3B3c4c2cc(N(c2ccccc2)c2ccccc2)cc4-n2c4ccc5cccc6c5c4c4c(ccc3c42)-c2ccccc2-6)cc1. The van der Waals surface area contributed by atoms with Crippen molar-refractivity contribution in [3.63, 3.8) is 0 Å². The predicted octanol–water partition coefficient (Wildman–Crippen LogP) is 14.3. The minimum Gasteiger partial charge on any atom is -0.311 e. The number of para-hydroxylation sites is 2. The Labute approximate surface area is 375 Å². The highest BCUT2D eigenvalue weighted by atomic mass is 15.2. The van der Waals surface area contributed by atoms with Crippen molar-refractivity contribution in [2.24, 2.45) is 0 Å². The van der Waals surface area contributed by atoms with E-state index < -0.39 is 0 Å². The number of aromatic nitrogens is 1. The summed E-state index contributed by atoms with van der Waals surface area (Å²) in [6, 6.07) is 69.0. The van der Waals surface area contributed by atoms with Crippen LogP contribution in [0.2, 0.25) is 0 Å². The van der Waals surface area contributed by atoms with Gasteiger partial charge in [0.1, 0.15) is 0 Å². The van der Waals surface area contributed by atoms with Crippen molar-refractivity contribution in [3.05, 3.63) is 193 Å². The quantitative estimate of drug-likeness (QED) is 0.164. The molecule has 0 amide bonds. The normalized spacial score (nSPS) is 13.4. The van der Waals surface area contributed by atoms with Crippen molar-refractivity contribution >= 4 is 89.8 Å². The summed E-state index contributed by atoms with van der Waals surface area (Å²) in [6.45, 7) is 13.9. The van der Waals surface area contributed by atoms with Gasteiger partial charge in [-0.1, -0.05) is 163 Å². The van der Waals surface area contributed by atoms with Crippen LogP contribution in [-0.4, -0.2) is 11.3 Å². The van der Waals surface area contributed by atoms with E-state index in [2.05, 4.69) is 238 Å². The summed E-state index contributed by atoms with van der Waals surface area (Å²) in [6.07, 6.45) is 0. The first-order chi connectivity index (χ1) is 31.0. The monoisotopic (exact) mass is 821 g/mol. The fourth-order valence-electron chi connectivity index (χ4n) is 11.4. The molecule has 3 heterocycles. The minimum atomic E-state index is -0.0342. The molecule has 0 radical (unpaired) electrons. The summed E-state index contributed by atoms with van der Waals surface area (Å²) in [5, 5.41) is 5.31. The van der Waals surface area contributed by atoms with Gasteiger partial charge in [-0.3, -0.25) is 0 Å². The second-order valence-electron chi connectivity index (χ2n) is 20.2. The number of hydrogen-bond donors (Lipinski definition) is 0. The van der Waals surface area contributed by atoms with Gasteiger partial charge < -0.3 is 14.4 Å². The first kappa shape index (κ1) is 37.3. The van der Waals surface area contributed by atoms with Gasteiger partial charge in [0, 0.05) is 44.9 Å². The molecule has 1 aromatic heterocycles. The van der Waals surface area contributed by atoms with E-state index in [1.54, 1.807) is 0 Å². The van der Waals surface area contributed by atoms with E-state index in [0.29, 0.717) is 0 Å². The molecular formula is C60H48BN3. The number of fused-ring (bicyclic) bond motifs is 8. The largest absolute Gasteiger partial charge is 0.311 e. The topological polar surface area (TPSA) is 11.4 Å². The van der Waals surface area contributed by atoms with Gasteiger partial charge in [-0.05, 0) is 132 Å². The Balaban J connectivity index is 1.22. The van der Waals surface area contributed by atoms with Crippen LogP contribution in [-0.2, 0) is 10.8 Å². The Morgan fingerprint density at radius 1 is 0.422 bits per heavy atom. The van der Waals surface area contributed by atoms with E-state index >= 15 is 0 Å². The first-order valence-electron chi connectivity index (χ1n) is 22.8. The lowest BCUT2D eigenvalue weighted by molar-refractivity contribution is 0.590. The molecule has 0 saturated heterocycles. The molecule has 0 unspecified atom stereocenters. The molecule has 13 rings (SSSR count). The van der Waals surface area contributed by atoms with Gasteiger partial charge in [-0.15, -0.1) is 0 Å². The Kier molecular flexibility index (Phi) is 7.64. The van der Waals surface area contributed by atoms with Crippen LogP contribution in [0.25, 0.3) is 60.5 Å². The minimum absolute atomic E-state index is 0.00144. The summed E-state index contributed by atoms with van der Waals surface area (Å²) in [4.78, 5) is 5.00. The summed E-state index contributed by atoms with van der Waals surface area (Å²) < 4.78 is 2.65. The maximum absolute atomic E-state index is 2.65. The van der Waals surface area contributed by atoms with Crippen LogP contribution in [0.3, 0.4) is 0 Å². The Morgan fingerprint density at radius 2 is 1.03 bits per heavy atom. The van der Waals surface area contributed by atoms with Crippen molar-refractivity contribution in [1.29, 1.82) is 0 Å². The molecule has 9 aromatic carbocycles.